The number of aliphatic hydroxyl groups is 1. The van der Waals surface area contributed by atoms with Crippen LogP contribution in [0.2, 0.25) is 0 Å². The highest BCUT2D eigenvalue weighted by Crippen LogP contribution is 2.38. The number of nitriles is 1. The zero-order valence-corrected chi connectivity index (χ0v) is 15.9. The molecule has 2 heterocycles. The molecule has 0 saturated heterocycles. The highest BCUT2D eigenvalue weighted by Gasteiger charge is 2.24. The number of para-hydroxylation sites is 2. The number of carbonyl (C=O) groups is 1. The van der Waals surface area contributed by atoms with Crippen LogP contribution in [0.1, 0.15) is 16.2 Å². The molecule has 10 nitrogen and oxygen atoms in total. The summed E-state index contributed by atoms with van der Waals surface area (Å²) < 4.78 is 16.6. The van der Waals surface area contributed by atoms with Crippen molar-refractivity contribution in [1.29, 1.82) is 5.26 Å². The molecule has 0 aliphatic heterocycles. The summed E-state index contributed by atoms with van der Waals surface area (Å²) in [6, 6.07) is 11.7. The first kappa shape index (κ1) is 20.5. The van der Waals surface area contributed by atoms with Gasteiger partial charge >= 0.3 is 0 Å². The number of aliphatic hydroxyl groups excluding tert-OH is 1. The third kappa shape index (κ3) is 4.43. The van der Waals surface area contributed by atoms with Crippen LogP contribution in [-0.2, 0) is 0 Å². The van der Waals surface area contributed by atoms with Crippen molar-refractivity contribution in [2.75, 3.05) is 20.3 Å². The molecule has 0 bridgehead atoms. The number of carbonyl (C=O) groups excluding carboxylic acids is 1. The van der Waals surface area contributed by atoms with Gasteiger partial charge in [0.1, 0.15) is 18.4 Å². The minimum atomic E-state index is -0.882. The van der Waals surface area contributed by atoms with Gasteiger partial charge in [-0.2, -0.15) is 10.2 Å². The Morgan fingerprint density at radius 2 is 2.00 bits per heavy atom. The molecule has 3 aromatic rings. The van der Waals surface area contributed by atoms with Gasteiger partial charge in [0.15, 0.2) is 23.0 Å². The summed E-state index contributed by atoms with van der Waals surface area (Å²) in [5.74, 6) is -0.362. The first-order valence-corrected chi connectivity index (χ1v) is 8.70. The van der Waals surface area contributed by atoms with Crippen LogP contribution in [0.15, 0.2) is 42.6 Å². The lowest BCUT2D eigenvalue weighted by atomic mass is 10.2. The summed E-state index contributed by atoms with van der Waals surface area (Å²) in [5.41, 5.74) is 5.85. The van der Waals surface area contributed by atoms with Crippen LogP contribution in [0, 0.1) is 11.3 Å². The quantitative estimate of drug-likeness (QED) is 0.567. The summed E-state index contributed by atoms with van der Waals surface area (Å²) >= 11 is 0. The zero-order valence-electron chi connectivity index (χ0n) is 15.9. The van der Waals surface area contributed by atoms with Gasteiger partial charge in [-0.15, -0.1) is 0 Å². The van der Waals surface area contributed by atoms with Gasteiger partial charge in [0.05, 0.1) is 13.7 Å². The molecule has 0 fully saturated rings. The maximum absolute atomic E-state index is 12.2. The fourth-order valence-corrected chi connectivity index (χ4v) is 2.50. The molecule has 1 amide bonds. The molecule has 0 unspecified atom stereocenters. The van der Waals surface area contributed by atoms with Crippen LogP contribution in [0.5, 0.6) is 23.1 Å². The molecule has 3 rings (SSSR count). The monoisotopic (exact) mass is 407 g/mol. The molecule has 3 N–H and O–H groups in total. The van der Waals surface area contributed by atoms with E-state index in [1.807, 2.05) is 6.07 Å². The van der Waals surface area contributed by atoms with Crippen molar-refractivity contribution in [2.24, 2.45) is 5.73 Å². The minimum Gasteiger partial charge on any atom is -0.493 e. The van der Waals surface area contributed by atoms with Crippen molar-refractivity contribution < 1.29 is 24.1 Å². The largest absolute Gasteiger partial charge is 0.493 e. The Morgan fingerprint density at radius 1 is 1.23 bits per heavy atom. The molecule has 0 aliphatic carbocycles. The zero-order chi connectivity index (χ0) is 21.5. The summed E-state index contributed by atoms with van der Waals surface area (Å²) in [4.78, 5) is 24.5. The lowest BCUT2D eigenvalue weighted by molar-refractivity contribution is 0.0991. The summed E-state index contributed by atoms with van der Waals surface area (Å²) in [7, 11) is 1.47. The molecular weight excluding hydrogens is 390 g/mol. The van der Waals surface area contributed by atoms with Crippen molar-refractivity contribution in [3.8, 4) is 40.6 Å². The van der Waals surface area contributed by atoms with E-state index in [0.29, 0.717) is 11.3 Å². The van der Waals surface area contributed by atoms with Crippen LogP contribution in [-0.4, -0.2) is 46.3 Å². The van der Waals surface area contributed by atoms with Gasteiger partial charge in [0.2, 0.25) is 5.75 Å². The topological polar surface area (TPSA) is 153 Å². The molecule has 152 valence electrons. The van der Waals surface area contributed by atoms with E-state index in [9.17, 15) is 4.79 Å². The van der Waals surface area contributed by atoms with Gasteiger partial charge < -0.3 is 25.1 Å². The molecular formula is C20H17N5O5. The van der Waals surface area contributed by atoms with E-state index in [1.54, 1.807) is 30.3 Å². The molecule has 30 heavy (non-hydrogen) atoms. The molecule has 0 saturated carbocycles. The van der Waals surface area contributed by atoms with Crippen molar-refractivity contribution in [3.63, 3.8) is 0 Å². The van der Waals surface area contributed by atoms with Gasteiger partial charge in [-0.05, 0) is 24.3 Å². The number of amides is 1. The second-order valence-electron chi connectivity index (χ2n) is 5.76. The lowest BCUT2D eigenvalue weighted by Crippen LogP contribution is -2.17. The van der Waals surface area contributed by atoms with Crippen LogP contribution in [0.25, 0.3) is 11.4 Å². The number of methoxy groups -OCH3 is 1. The number of ether oxygens (including phenoxy) is 3. The number of hydrogen-bond acceptors (Lipinski definition) is 9. The van der Waals surface area contributed by atoms with Crippen molar-refractivity contribution >= 4 is 5.91 Å². The molecule has 0 atom stereocenters. The molecule has 0 aliphatic rings. The van der Waals surface area contributed by atoms with E-state index in [0.717, 1.165) is 0 Å². The maximum atomic E-state index is 12.2. The van der Waals surface area contributed by atoms with Crippen molar-refractivity contribution in [2.45, 2.75) is 0 Å². The van der Waals surface area contributed by atoms with E-state index in [-0.39, 0.29) is 47.8 Å². The van der Waals surface area contributed by atoms with Crippen LogP contribution < -0.4 is 19.9 Å². The predicted molar refractivity (Wildman–Crippen MR) is 104 cm³/mol. The average molecular weight is 407 g/mol. The Balaban J connectivity index is 2.17. The normalized spacial score (nSPS) is 10.2. The van der Waals surface area contributed by atoms with E-state index in [2.05, 4.69) is 15.0 Å². The first-order chi connectivity index (χ1) is 14.6. The smallest absolute Gasteiger partial charge is 0.271 e. The van der Waals surface area contributed by atoms with Crippen LogP contribution in [0.4, 0.5) is 0 Å². The first-order valence-electron chi connectivity index (χ1n) is 8.70. The third-order valence-corrected chi connectivity index (χ3v) is 3.81. The highest BCUT2D eigenvalue weighted by atomic mass is 16.5. The van der Waals surface area contributed by atoms with Crippen molar-refractivity contribution in [3.05, 3.63) is 54.0 Å². The molecule has 0 radical (unpaired) electrons. The fraction of sp³-hybridized carbons (Fsp3) is 0.150. The molecule has 2 aromatic heterocycles. The van der Waals surface area contributed by atoms with Gasteiger partial charge in [-0.3, -0.25) is 4.79 Å². The Labute approximate surface area is 171 Å². The Hall–Kier alpha value is -4.23. The predicted octanol–water partition coefficient (Wildman–Crippen LogP) is 1.68. The third-order valence-electron chi connectivity index (χ3n) is 3.81. The number of pyridine rings is 1. The molecule has 0 spiro atoms. The second kappa shape index (κ2) is 9.31. The van der Waals surface area contributed by atoms with E-state index < -0.39 is 5.91 Å². The lowest BCUT2D eigenvalue weighted by Gasteiger charge is -2.16. The van der Waals surface area contributed by atoms with Crippen LogP contribution in [0.3, 0.4) is 0 Å². The number of benzene rings is 1. The van der Waals surface area contributed by atoms with Gasteiger partial charge in [-0.25, -0.2) is 9.97 Å². The second-order valence-corrected chi connectivity index (χ2v) is 5.76. The van der Waals surface area contributed by atoms with Crippen LogP contribution >= 0.6 is 0 Å². The number of rotatable bonds is 8. The number of primary amides is 1. The fourth-order valence-electron chi connectivity index (χ4n) is 2.50. The van der Waals surface area contributed by atoms with E-state index in [4.69, 9.17) is 30.3 Å². The SMILES string of the molecule is COc1ccccc1Oc1c(OCCO)nc(-c2ccnc(C#N)c2)nc1C(N)=O. The Morgan fingerprint density at radius 3 is 2.67 bits per heavy atom. The molecule has 10 heteroatoms. The standard InChI is InChI=1S/C20H17N5O5/c1-28-14-4-2-3-5-15(14)30-17-16(18(22)27)24-19(25-20(17)29-9-8-26)12-6-7-23-13(10-12)11-21/h2-7,10,26H,8-9H2,1H3,(H2,22,27). The van der Waals surface area contributed by atoms with Crippen molar-refractivity contribution in [1.82, 2.24) is 15.0 Å². The summed E-state index contributed by atoms with van der Waals surface area (Å²) in [5, 5.41) is 18.2. The number of aromatic nitrogens is 3. The van der Waals surface area contributed by atoms with E-state index >= 15 is 0 Å². The number of hydrogen-bond donors (Lipinski definition) is 2. The van der Waals surface area contributed by atoms with Gasteiger partial charge in [0, 0.05) is 11.8 Å². The Kier molecular flexibility index (Phi) is 6.36. The molecule has 1 aromatic carbocycles. The average Bonchev–Trinajstić information content (AvgIpc) is 2.78. The number of nitrogens with zero attached hydrogens (tertiary/aromatic N) is 4. The van der Waals surface area contributed by atoms with Gasteiger partial charge in [0.25, 0.3) is 11.8 Å². The highest BCUT2D eigenvalue weighted by molar-refractivity contribution is 5.95. The minimum absolute atomic E-state index is 0.0722. The summed E-state index contributed by atoms with van der Waals surface area (Å²) in [6.07, 6.45) is 1.41. The van der Waals surface area contributed by atoms with Gasteiger partial charge in [-0.1, -0.05) is 12.1 Å². The summed E-state index contributed by atoms with van der Waals surface area (Å²) in [6.45, 7) is -0.413. The maximum Gasteiger partial charge on any atom is 0.271 e. The number of nitrogens with two attached hydrogens (primary N) is 1. The van der Waals surface area contributed by atoms with E-state index in [1.165, 1.54) is 19.4 Å². The Bertz CT molecular complexity index is 1110.